The van der Waals surface area contributed by atoms with Crippen molar-refractivity contribution in [2.75, 3.05) is 25.0 Å². The summed E-state index contributed by atoms with van der Waals surface area (Å²) in [7, 11) is -7.00. The molecular weight excluding hydrogens is 450 g/mol. The molecule has 1 fully saturated rings. The molecule has 2 aromatic carbocycles. The normalized spacial score (nSPS) is 15.9. The summed E-state index contributed by atoms with van der Waals surface area (Å²) in [6, 6.07) is 14.9. The highest BCUT2D eigenvalue weighted by atomic mass is 32.2. The van der Waals surface area contributed by atoms with Crippen molar-refractivity contribution in [3.63, 3.8) is 0 Å². The summed E-state index contributed by atoms with van der Waals surface area (Å²) in [5.41, 5.74) is 1.16. The number of piperidine rings is 1. The number of sulfonamides is 2. The number of amides is 1. The quantitative estimate of drug-likeness (QED) is 0.538. The SMILES string of the molecule is C=CCNS(=O)(=O)Cc1ccc(NC(=O)C2CCN(S(=O)(=O)c3ccccc3)CC2)cc1. The van der Waals surface area contributed by atoms with Crippen molar-refractivity contribution in [2.45, 2.75) is 23.5 Å². The van der Waals surface area contributed by atoms with Crippen LogP contribution in [0.3, 0.4) is 0 Å². The molecule has 1 aliphatic heterocycles. The smallest absolute Gasteiger partial charge is 0.243 e. The highest BCUT2D eigenvalue weighted by molar-refractivity contribution is 7.89. The Labute approximate surface area is 189 Å². The van der Waals surface area contributed by atoms with Crippen molar-refractivity contribution in [2.24, 2.45) is 5.92 Å². The molecule has 0 aliphatic carbocycles. The monoisotopic (exact) mass is 477 g/mol. The number of benzene rings is 2. The van der Waals surface area contributed by atoms with Crippen LogP contribution in [0.1, 0.15) is 18.4 Å². The van der Waals surface area contributed by atoms with E-state index in [2.05, 4.69) is 16.6 Å². The lowest BCUT2D eigenvalue weighted by molar-refractivity contribution is -0.120. The first-order chi connectivity index (χ1) is 15.2. The lowest BCUT2D eigenvalue weighted by atomic mass is 9.97. The van der Waals surface area contributed by atoms with Gasteiger partial charge in [0.15, 0.2) is 0 Å². The fraction of sp³-hybridized carbons (Fsp3) is 0.318. The summed E-state index contributed by atoms with van der Waals surface area (Å²) in [6.45, 7) is 4.21. The molecule has 8 nitrogen and oxygen atoms in total. The van der Waals surface area contributed by atoms with E-state index in [9.17, 15) is 21.6 Å². The lowest BCUT2D eigenvalue weighted by Crippen LogP contribution is -2.41. The Hall–Kier alpha value is -2.53. The minimum atomic E-state index is -3.55. The maximum atomic E-state index is 12.7. The second-order valence-electron chi connectivity index (χ2n) is 7.57. The van der Waals surface area contributed by atoms with Crippen LogP contribution in [0.4, 0.5) is 5.69 Å². The maximum absolute atomic E-state index is 12.7. The van der Waals surface area contributed by atoms with Gasteiger partial charge >= 0.3 is 0 Å². The van der Waals surface area contributed by atoms with E-state index in [4.69, 9.17) is 0 Å². The molecule has 32 heavy (non-hydrogen) atoms. The Morgan fingerprint density at radius 3 is 2.22 bits per heavy atom. The van der Waals surface area contributed by atoms with Gasteiger partial charge in [-0.1, -0.05) is 36.4 Å². The standard InChI is InChI=1S/C22H27N3O5S2/c1-2-14-23-31(27,28)17-18-8-10-20(11-9-18)24-22(26)19-12-15-25(16-13-19)32(29,30)21-6-4-3-5-7-21/h2-11,19,23H,1,12-17H2,(H,24,26). The number of hydrogen-bond donors (Lipinski definition) is 2. The van der Waals surface area contributed by atoms with Gasteiger partial charge in [-0.15, -0.1) is 6.58 Å². The minimum Gasteiger partial charge on any atom is -0.326 e. The van der Waals surface area contributed by atoms with Crippen molar-refractivity contribution in [3.8, 4) is 0 Å². The molecule has 0 aromatic heterocycles. The second-order valence-corrected chi connectivity index (χ2v) is 11.3. The van der Waals surface area contributed by atoms with E-state index in [0.29, 0.717) is 24.1 Å². The summed E-state index contributed by atoms with van der Waals surface area (Å²) >= 11 is 0. The molecule has 172 valence electrons. The average molecular weight is 478 g/mol. The Morgan fingerprint density at radius 2 is 1.62 bits per heavy atom. The van der Waals surface area contributed by atoms with Crippen LogP contribution in [0, 0.1) is 5.92 Å². The highest BCUT2D eigenvalue weighted by Crippen LogP contribution is 2.25. The van der Waals surface area contributed by atoms with Crippen LogP contribution in [-0.2, 0) is 30.6 Å². The van der Waals surface area contributed by atoms with Crippen molar-refractivity contribution in [1.82, 2.24) is 9.03 Å². The topological polar surface area (TPSA) is 113 Å². The van der Waals surface area contributed by atoms with Gasteiger partial charge in [0, 0.05) is 31.2 Å². The maximum Gasteiger partial charge on any atom is 0.243 e. The lowest BCUT2D eigenvalue weighted by Gasteiger charge is -2.30. The Balaban J connectivity index is 1.53. The molecule has 2 aromatic rings. The van der Waals surface area contributed by atoms with E-state index in [-0.39, 0.29) is 42.1 Å². The van der Waals surface area contributed by atoms with Gasteiger partial charge in [-0.2, -0.15) is 4.31 Å². The van der Waals surface area contributed by atoms with E-state index < -0.39 is 20.0 Å². The van der Waals surface area contributed by atoms with Crippen LogP contribution >= 0.6 is 0 Å². The molecule has 1 amide bonds. The summed E-state index contributed by atoms with van der Waals surface area (Å²) < 4.78 is 53.1. The first-order valence-electron chi connectivity index (χ1n) is 10.2. The van der Waals surface area contributed by atoms with Crippen LogP contribution in [-0.4, -0.2) is 46.7 Å². The highest BCUT2D eigenvalue weighted by Gasteiger charge is 2.32. The molecule has 0 saturated carbocycles. The van der Waals surface area contributed by atoms with Crippen LogP contribution in [0.5, 0.6) is 0 Å². The van der Waals surface area contributed by atoms with Gasteiger partial charge < -0.3 is 5.32 Å². The van der Waals surface area contributed by atoms with E-state index >= 15 is 0 Å². The molecule has 0 radical (unpaired) electrons. The average Bonchev–Trinajstić information content (AvgIpc) is 2.79. The van der Waals surface area contributed by atoms with E-state index in [1.165, 1.54) is 10.4 Å². The Morgan fingerprint density at radius 1 is 1.00 bits per heavy atom. The largest absolute Gasteiger partial charge is 0.326 e. The first-order valence-corrected chi connectivity index (χ1v) is 13.3. The Kier molecular flexibility index (Phi) is 7.83. The number of carbonyl (C=O) groups is 1. The van der Waals surface area contributed by atoms with Gasteiger partial charge in [-0.05, 0) is 42.7 Å². The third kappa shape index (κ3) is 6.26. The molecule has 10 heteroatoms. The van der Waals surface area contributed by atoms with Crippen LogP contribution in [0.2, 0.25) is 0 Å². The number of nitrogens with one attached hydrogen (secondary N) is 2. The number of carbonyl (C=O) groups excluding carboxylic acids is 1. The molecular formula is C22H27N3O5S2. The fourth-order valence-corrected chi connectivity index (χ4v) is 6.08. The summed E-state index contributed by atoms with van der Waals surface area (Å²) in [5, 5.41) is 2.84. The number of anilines is 1. The number of hydrogen-bond acceptors (Lipinski definition) is 5. The summed E-state index contributed by atoms with van der Waals surface area (Å²) in [6.07, 6.45) is 2.34. The molecule has 0 bridgehead atoms. The van der Waals surface area contributed by atoms with Gasteiger partial charge in [0.2, 0.25) is 26.0 Å². The van der Waals surface area contributed by atoms with Crippen LogP contribution < -0.4 is 10.0 Å². The third-order valence-electron chi connectivity index (χ3n) is 5.23. The molecule has 0 atom stereocenters. The van der Waals surface area contributed by atoms with Crippen molar-refractivity contribution in [1.29, 1.82) is 0 Å². The van der Waals surface area contributed by atoms with Gasteiger partial charge in [-0.25, -0.2) is 21.6 Å². The summed E-state index contributed by atoms with van der Waals surface area (Å²) in [5.74, 6) is -0.626. The number of nitrogens with zero attached hydrogens (tertiary/aromatic N) is 1. The molecule has 3 rings (SSSR count). The molecule has 1 heterocycles. The van der Waals surface area contributed by atoms with Crippen LogP contribution in [0.25, 0.3) is 0 Å². The zero-order valence-corrected chi connectivity index (χ0v) is 19.2. The van der Waals surface area contributed by atoms with Crippen molar-refractivity contribution >= 4 is 31.6 Å². The molecule has 2 N–H and O–H groups in total. The zero-order chi connectivity index (χ0) is 23.2. The van der Waals surface area contributed by atoms with E-state index in [1.54, 1.807) is 54.6 Å². The third-order valence-corrected chi connectivity index (χ3v) is 8.46. The van der Waals surface area contributed by atoms with Crippen LogP contribution in [0.15, 0.2) is 72.1 Å². The Bertz CT molecular complexity index is 1140. The van der Waals surface area contributed by atoms with Crippen molar-refractivity contribution < 1.29 is 21.6 Å². The first kappa shape index (κ1) is 24.1. The van der Waals surface area contributed by atoms with Gasteiger partial charge in [-0.3, -0.25) is 4.79 Å². The van der Waals surface area contributed by atoms with Gasteiger partial charge in [0.25, 0.3) is 0 Å². The predicted molar refractivity (Wildman–Crippen MR) is 124 cm³/mol. The zero-order valence-electron chi connectivity index (χ0n) is 17.6. The fourth-order valence-electron chi connectivity index (χ4n) is 3.48. The second kappa shape index (κ2) is 10.4. The van der Waals surface area contributed by atoms with Crippen molar-refractivity contribution in [3.05, 3.63) is 72.8 Å². The molecule has 1 saturated heterocycles. The van der Waals surface area contributed by atoms with Gasteiger partial charge in [0.05, 0.1) is 10.6 Å². The van der Waals surface area contributed by atoms with E-state index in [1.807, 2.05) is 0 Å². The van der Waals surface area contributed by atoms with E-state index in [0.717, 1.165) is 0 Å². The molecule has 0 spiro atoms. The molecule has 0 unspecified atom stereocenters. The van der Waals surface area contributed by atoms with Gasteiger partial charge in [0.1, 0.15) is 0 Å². The summed E-state index contributed by atoms with van der Waals surface area (Å²) in [4.78, 5) is 12.9. The predicted octanol–water partition coefficient (Wildman–Crippen LogP) is 2.33. The number of rotatable bonds is 9. The molecule has 1 aliphatic rings. The minimum absolute atomic E-state index is 0.163.